The van der Waals surface area contributed by atoms with Crippen molar-refractivity contribution in [2.24, 2.45) is 5.92 Å². The molecule has 4 nitrogen and oxygen atoms in total. The lowest BCUT2D eigenvalue weighted by Crippen LogP contribution is -2.43. The van der Waals surface area contributed by atoms with E-state index < -0.39 is 11.6 Å². The summed E-state index contributed by atoms with van der Waals surface area (Å²) in [5.74, 6) is -1.43. The number of nitrogens with zero attached hydrogens (tertiary/aromatic N) is 1. The molecule has 130 valence electrons. The zero-order valence-corrected chi connectivity index (χ0v) is 13.8. The van der Waals surface area contributed by atoms with Crippen LogP contribution in [0, 0.1) is 11.7 Å². The van der Waals surface area contributed by atoms with Crippen LogP contribution in [-0.2, 0) is 11.2 Å². The van der Waals surface area contributed by atoms with E-state index in [4.69, 9.17) is 0 Å². The Balaban J connectivity index is 1.65. The number of amides is 1. The first kappa shape index (κ1) is 17.1. The van der Waals surface area contributed by atoms with E-state index in [1.807, 2.05) is 18.2 Å². The number of likely N-dealkylation sites (tertiary alicyclic amines) is 1. The van der Waals surface area contributed by atoms with Gasteiger partial charge in [0.1, 0.15) is 0 Å². The minimum absolute atomic E-state index is 0.0590. The van der Waals surface area contributed by atoms with Gasteiger partial charge >= 0.3 is 0 Å². The summed E-state index contributed by atoms with van der Waals surface area (Å²) in [6.45, 7) is 1.01. The van der Waals surface area contributed by atoms with Gasteiger partial charge in [-0.25, -0.2) is 4.39 Å². The minimum Gasteiger partial charge on any atom is -0.505 e. The number of aromatic hydroxyl groups is 1. The first-order valence-corrected chi connectivity index (χ1v) is 8.39. The number of halogens is 1. The molecule has 1 aliphatic rings. The van der Waals surface area contributed by atoms with Crippen LogP contribution in [0.1, 0.15) is 28.8 Å². The van der Waals surface area contributed by atoms with E-state index in [1.54, 1.807) is 17.0 Å². The Morgan fingerprint density at radius 2 is 1.92 bits per heavy atom. The molecule has 0 unspecified atom stereocenters. The third-order valence-corrected chi connectivity index (χ3v) is 4.57. The van der Waals surface area contributed by atoms with E-state index in [-0.39, 0.29) is 24.0 Å². The second kappa shape index (κ2) is 7.47. The molecule has 1 heterocycles. The van der Waals surface area contributed by atoms with Crippen LogP contribution in [0.25, 0.3) is 0 Å². The third kappa shape index (κ3) is 4.05. The number of phenolic OH excluding ortho intramolecular Hbond substituents is 1. The summed E-state index contributed by atoms with van der Waals surface area (Å²) in [4.78, 5) is 26.8. The first-order valence-electron chi connectivity index (χ1n) is 8.39. The Labute approximate surface area is 145 Å². The predicted octanol–water partition coefficient (Wildman–Crippen LogP) is 3.20. The second-order valence-corrected chi connectivity index (χ2v) is 6.37. The van der Waals surface area contributed by atoms with E-state index in [0.29, 0.717) is 24.2 Å². The highest BCUT2D eigenvalue weighted by molar-refractivity contribution is 5.98. The number of carbonyl (C=O) groups excluding carboxylic acids is 2. The molecule has 1 saturated heterocycles. The molecule has 1 fully saturated rings. The zero-order valence-electron chi connectivity index (χ0n) is 13.8. The maximum absolute atomic E-state index is 13.4. The standard InChI is InChI=1S/C20H20FNO3/c21-17-11-14(8-9-18(17)23)12-19(24)22-10-4-7-16(13-22)20(25)15-5-2-1-3-6-15/h1-3,5-6,8-9,11,16,23H,4,7,10,12-13H2/t16-/m0/s1. The van der Waals surface area contributed by atoms with Crippen LogP contribution in [0.3, 0.4) is 0 Å². The number of benzene rings is 2. The maximum Gasteiger partial charge on any atom is 0.227 e. The largest absolute Gasteiger partial charge is 0.505 e. The lowest BCUT2D eigenvalue weighted by Gasteiger charge is -2.32. The van der Waals surface area contributed by atoms with E-state index in [1.165, 1.54) is 18.2 Å². The number of phenols is 1. The van der Waals surface area contributed by atoms with Crippen LogP contribution in [0.5, 0.6) is 5.75 Å². The Hall–Kier alpha value is -2.69. The van der Waals surface area contributed by atoms with Crippen LogP contribution in [0.15, 0.2) is 48.5 Å². The SMILES string of the molecule is O=C(c1ccccc1)[C@H]1CCCN(C(=O)Cc2ccc(O)c(F)c2)C1. The highest BCUT2D eigenvalue weighted by Gasteiger charge is 2.28. The topological polar surface area (TPSA) is 57.6 Å². The second-order valence-electron chi connectivity index (χ2n) is 6.37. The van der Waals surface area contributed by atoms with Gasteiger partial charge in [0.05, 0.1) is 6.42 Å². The van der Waals surface area contributed by atoms with Gasteiger partial charge in [0, 0.05) is 24.6 Å². The van der Waals surface area contributed by atoms with Crippen LogP contribution in [0.2, 0.25) is 0 Å². The van der Waals surface area contributed by atoms with Gasteiger partial charge in [-0.15, -0.1) is 0 Å². The fourth-order valence-corrected chi connectivity index (χ4v) is 3.20. The van der Waals surface area contributed by atoms with Crippen molar-refractivity contribution >= 4 is 11.7 Å². The zero-order chi connectivity index (χ0) is 17.8. The highest BCUT2D eigenvalue weighted by atomic mass is 19.1. The Bertz CT molecular complexity index is 776. The number of hydrogen-bond acceptors (Lipinski definition) is 3. The van der Waals surface area contributed by atoms with Gasteiger partial charge in [0.2, 0.25) is 5.91 Å². The van der Waals surface area contributed by atoms with E-state index in [2.05, 4.69) is 0 Å². The van der Waals surface area contributed by atoms with E-state index in [9.17, 15) is 19.1 Å². The van der Waals surface area contributed by atoms with E-state index in [0.717, 1.165) is 12.8 Å². The smallest absolute Gasteiger partial charge is 0.227 e. The Kier molecular flexibility index (Phi) is 5.12. The molecule has 3 rings (SSSR count). The van der Waals surface area contributed by atoms with Crippen LogP contribution in [0.4, 0.5) is 4.39 Å². The van der Waals surface area contributed by atoms with Crippen LogP contribution >= 0.6 is 0 Å². The molecule has 5 heteroatoms. The summed E-state index contributed by atoms with van der Waals surface area (Å²) >= 11 is 0. The minimum atomic E-state index is -0.735. The molecular formula is C20H20FNO3. The van der Waals surface area contributed by atoms with Crippen molar-refractivity contribution in [3.63, 3.8) is 0 Å². The molecule has 0 aromatic heterocycles. The first-order chi connectivity index (χ1) is 12.0. The Morgan fingerprint density at radius 3 is 2.64 bits per heavy atom. The molecule has 2 aromatic carbocycles. The van der Waals surface area contributed by atoms with Crippen molar-refractivity contribution in [2.45, 2.75) is 19.3 Å². The Morgan fingerprint density at radius 1 is 1.16 bits per heavy atom. The van der Waals surface area contributed by atoms with Crippen molar-refractivity contribution in [2.75, 3.05) is 13.1 Å². The van der Waals surface area contributed by atoms with Gasteiger partial charge in [-0.05, 0) is 30.5 Å². The molecule has 0 aliphatic carbocycles. The number of ketones is 1. The maximum atomic E-state index is 13.4. The monoisotopic (exact) mass is 341 g/mol. The summed E-state index contributed by atoms with van der Waals surface area (Å²) in [5.41, 5.74) is 1.18. The lowest BCUT2D eigenvalue weighted by molar-refractivity contribution is -0.131. The molecule has 0 bridgehead atoms. The number of hydrogen-bond donors (Lipinski definition) is 1. The summed E-state index contributed by atoms with van der Waals surface area (Å²) in [7, 11) is 0. The fraction of sp³-hybridized carbons (Fsp3) is 0.300. The normalized spacial score (nSPS) is 17.3. The van der Waals surface area contributed by atoms with Gasteiger partial charge in [0.15, 0.2) is 17.3 Å². The van der Waals surface area contributed by atoms with Crippen LogP contribution in [-0.4, -0.2) is 34.8 Å². The summed E-state index contributed by atoms with van der Waals surface area (Å²) in [6.07, 6.45) is 1.60. The number of carbonyl (C=O) groups is 2. The fourth-order valence-electron chi connectivity index (χ4n) is 3.20. The quantitative estimate of drug-likeness (QED) is 0.869. The molecule has 1 N–H and O–H groups in total. The summed E-state index contributed by atoms with van der Waals surface area (Å²) < 4.78 is 13.4. The molecule has 1 atom stereocenters. The molecule has 1 amide bonds. The highest BCUT2D eigenvalue weighted by Crippen LogP contribution is 2.22. The van der Waals surface area contributed by atoms with Gasteiger partial charge in [-0.2, -0.15) is 0 Å². The summed E-state index contributed by atoms with van der Waals surface area (Å²) in [5, 5.41) is 9.22. The summed E-state index contributed by atoms with van der Waals surface area (Å²) in [6, 6.07) is 13.1. The van der Waals surface area contributed by atoms with Gasteiger partial charge in [0.25, 0.3) is 0 Å². The number of piperidine rings is 1. The molecule has 0 saturated carbocycles. The van der Waals surface area contributed by atoms with Gasteiger partial charge in [-0.1, -0.05) is 36.4 Å². The molecule has 2 aromatic rings. The molecule has 1 aliphatic heterocycles. The van der Waals surface area contributed by atoms with Crippen LogP contribution < -0.4 is 0 Å². The number of Topliss-reactive ketones (excluding diaryl/α,β-unsaturated/α-hetero) is 1. The van der Waals surface area contributed by atoms with Crippen molar-refractivity contribution in [3.05, 3.63) is 65.5 Å². The molecular weight excluding hydrogens is 321 g/mol. The molecule has 25 heavy (non-hydrogen) atoms. The van der Waals surface area contributed by atoms with Crippen molar-refractivity contribution < 1.29 is 19.1 Å². The lowest BCUT2D eigenvalue weighted by atomic mass is 9.90. The van der Waals surface area contributed by atoms with Gasteiger partial charge < -0.3 is 10.0 Å². The third-order valence-electron chi connectivity index (χ3n) is 4.57. The molecule has 0 radical (unpaired) electrons. The van der Waals surface area contributed by atoms with E-state index >= 15 is 0 Å². The van der Waals surface area contributed by atoms with Crippen molar-refractivity contribution in [1.82, 2.24) is 4.90 Å². The number of rotatable bonds is 4. The van der Waals surface area contributed by atoms with Crippen molar-refractivity contribution in [1.29, 1.82) is 0 Å². The molecule has 0 spiro atoms. The average Bonchev–Trinajstić information content (AvgIpc) is 2.65. The predicted molar refractivity (Wildman–Crippen MR) is 91.8 cm³/mol. The average molecular weight is 341 g/mol. The van der Waals surface area contributed by atoms with Crippen molar-refractivity contribution in [3.8, 4) is 5.75 Å². The van der Waals surface area contributed by atoms with Gasteiger partial charge in [-0.3, -0.25) is 9.59 Å².